The van der Waals surface area contributed by atoms with Crippen molar-refractivity contribution in [2.24, 2.45) is 0 Å². The Hall–Kier alpha value is -2.20. The molecule has 1 N–H and O–H groups in total. The van der Waals surface area contributed by atoms with E-state index in [-0.39, 0.29) is 6.61 Å². The molecule has 0 radical (unpaired) electrons. The lowest BCUT2D eigenvalue weighted by molar-refractivity contribution is 0.302. The second kappa shape index (κ2) is 13.9. The molecular weight excluding hydrogens is 348 g/mol. The highest BCUT2D eigenvalue weighted by molar-refractivity contribution is 5.59. The molecule has 4 heteroatoms. The summed E-state index contributed by atoms with van der Waals surface area (Å²) in [5.74, 6) is 1.43. The van der Waals surface area contributed by atoms with E-state index in [1.807, 2.05) is 36.4 Å². The van der Waals surface area contributed by atoms with Gasteiger partial charge in [-0.15, -0.1) is 0 Å². The van der Waals surface area contributed by atoms with E-state index in [4.69, 9.17) is 9.84 Å². The number of hydrogen-bond acceptors (Lipinski definition) is 4. The van der Waals surface area contributed by atoms with Crippen LogP contribution in [0.15, 0.2) is 42.7 Å². The van der Waals surface area contributed by atoms with Gasteiger partial charge in [0.05, 0.1) is 19.0 Å². The van der Waals surface area contributed by atoms with E-state index in [2.05, 4.69) is 16.9 Å². The Bertz CT molecular complexity index is 666. The number of nitrogens with zero attached hydrogens (tertiary/aromatic N) is 2. The highest BCUT2D eigenvalue weighted by atomic mass is 16.5. The normalized spacial score (nSPS) is 11.2. The fourth-order valence-electron chi connectivity index (χ4n) is 3.00. The molecule has 1 heterocycles. The van der Waals surface area contributed by atoms with Crippen LogP contribution < -0.4 is 4.74 Å². The lowest BCUT2D eigenvalue weighted by atomic mass is 10.1. The van der Waals surface area contributed by atoms with Crippen molar-refractivity contribution in [1.82, 2.24) is 9.97 Å². The molecule has 0 atom stereocenters. The number of unbranched alkanes of at least 4 members (excludes halogenated alkanes) is 7. The third kappa shape index (κ3) is 8.66. The first-order valence-electron chi connectivity index (χ1n) is 10.7. The zero-order valence-electron chi connectivity index (χ0n) is 17.1. The van der Waals surface area contributed by atoms with Gasteiger partial charge in [0.15, 0.2) is 11.6 Å². The largest absolute Gasteiger partial charge is 0.490 e. The summed E-state index contributed by atoms with van der Waals surface area (Å²) in [6, 6.07) is 8.07. The summed E-state index contributed by atoms with van der Waals surface area (Å²) in [4.78, 5) is 8.85. The predicted molar refractivity (Wildman–Crippen MR) is 116 cm³/mol. The van der Waals surface area contributed by atoms with E-state index >= 15 is 0 Å². The molecule has 0 fully saturated rings. The van der Waals surface area contributed by atoms with Gasteiger partial charge in [-0.05, 0) is 18.4 Å². The van der Waals surface area contributed by atoms with Crippen LogP contribution in [0.2, 0.25) is 0 Å². The van der Waals surface area contributed by atoms with E-state index < -0.39 is 0 Å². The summed E-state index contributed by atoms with van der Waals surface area (Å²) < 4.78 is 5.76. The lowest BCUT2D eigenvalue weighted by Gasteiger charge is -2.06. The molecule has 1 aromatic heterocycles. The van der Waals surface area contributed by atoms with Crippen LogP contribution in [0.5, 0.6) is 5.75 Å². The number of aliphatic hydroxyl groups is 1. The average molecular weight is 383 g/mol. The van der Waals surface area contributed by atoms with E-state index in [9.17, 15) is 0 Å². The minimum atomic E-state index is 0.176. The smallest absolute Gasteiger partial charge is 0.159 e. The average Bonchev–Trinajstić information content (AvgIpc) is 2.74. The molecule has 152 valence electrons. The van der Waals surface area contributed by atoms with Gasteiger partial charge >= 0.3 is 0 Å². The maximum atomic E-state index is 8.81. The fraction of sp³-hybridized carbons (Fsp3) is 0.500. The van der Waals surface area contributed by atoms with E-state index in [0.29, 0.717) is 12.2 Å². The summed E-state index contributed by atoms with van der Waals surface area (Å²) in [6.07, 6.45) is 18.5. The molecule has 0 aliphatic rings. The second-order valence-electron chi connectivity index (χ2n) is 7.10. The van der Waals surface area contributed by atoms with Gasteiger partial charge in [-0.1, -0.05) is 88.3 Å². The van der Waals surface area contributed by atoms with Crippen molar-refractivity contribution in [3.63, 3.8) is 0 Å². The molecule has 2 aromatic rings. The van der Waals surface area contributed by atoms with Crippen molar-refractivity contribution >= 4 is 6.08 Å². The SMILES string of the molecule is CCCCCCCCCCOc1cnc(-c2ccc(/C=C/CCO)cc2)nc1. The molecule has 28 heavy (non-hydrogen) atoms. The van der Waals surface area contributed by atoms with E-state index in [1.165, 1.54) is 44.9 Å². The molecular formula is C24H34N2O2. The third-order valence-corrected chi connectivity index (χ3v) is 4.67. The van der Waals surface area contributed by atoms with Gasteiger partial charge in [0, 0.05) is 12.2 Å². The number of rotatable bonds is 14. The van der Waals surface area contributed by atoms with Crippen LogP contribution in [-0.2, 0) is 0 Å². The van der Waals surface area contributed by atoms with Gasteiger partial charge in [-0.25, -0.2) is 9.97 Å². The lowest BCUT2D eigenvalue weighted by Crippen LogP contribution is -1.99. The molecule has 0 amide bonds. The van der Waals surface area contributed by atoms with Crippen LogP contribution in [0, 0.1) is 0 Å². The highest BCUT2D eigenvalue weighted by Crippen LogP contribution is 2.18. The van der Waals surface area contributed by atoms with Crippen LogP contribution in [0.3, 0.4) is 0 Å². The molecule has 0 aliphatic carbocycles. The molecule has 0 bridgehead atoms. The second-order valence-corrected chi connectivity index (χ2v) is 7.10. The number of hydrogen-bond donors (Lipinski definition) is 1. The number of aromatic nitrogens is 2. The summed E-state index contributed by atoms with van der Waals surface area (Å²) >= 11 is 0. The first kappa shape index (κ1) is 22.1. The molecule has 4 nitrogen and oxygen atoms in total. The monoisotopic (exact) mass is 382 g/mol. The molecule has 0 saturated heterocycles. The predicted octanol–water partition coefficient (Wildman–Crippen LogP) is 6.06. The molecule has 0 spiro atoms. The van der Waals surface area contributed by atoms with Crippen molar-refractivity contribution in [2.75, 3.05) is 13.2 Å². The van der Waals surface area contributed by atoms with Crippen LogP contribution >= 0.6 is 0 Å². The maximum absolute atomic E-state index is 8.81. The van der Waals surface area contributed by atoms with Crippen LogP contribution in [0.1, 0.15) is 70.3 Å². The van der Waals surface area contributed by atoms with Crippen molar-refractivity contribution in [2.45, 2.75) is 64.7 Å². The molecule has 0 saturated carbocycles. The Labute approximate surface area is 169 Å². The van der Waals surface area contributed by atoms with Gasteiger partial charge in [0.1, 0.15) is 0 Å². The van der Waals surface area contributed by atoms with Crippen LogP contribution in [-0.4, -0.2) is 28.3 Å². The summed E-state index contributed by atoms with van der Waals surface area (Å²) in [7, 11) is 0. The van der Waals surface area contributed by atoms with Gasteiger partial charge in [0.25, 0.3) is 0 Å². The summed E-state index contributed by atoms with van der Waals surface area (Å²) in [5.41, 5.74) is 2.08. The van der Waals surface area contributed by atoms with Gasteiger partial charge in [0.2, 0.25) is 0 Å². The minimum absolute atomic E-state index is 0.176. The fourth-order valence-corrected chi connectivity index (χ4v) is 3.00. The zero-order valence-corrected chi connectivity index (χ0v) is 17.1. The summed E-state index contributed by atoms with van der Waals surface area (Å²) in [5, 5.41) is 8.81. The maximum Gasteiger partial charge on any atom is 0.159 e. The molecule has 0 unspecified atom stereocenters. The highest BCUT2D eigenvalue weighted by Gasteiger charge is 2.02. The Balaban J connectivity index is 1.68. The van der Waals surface area contributed by atoms with Crippen molar-refractivity contribution < 1.29 is 9.84 Å². The first-order valence-corrected chi connectivity index (χ1v) is 10.7. The van der Waals surface area contributed by atoms with Gasteiger partial charge in [-0.3, -0.25) is 0 Å². The zero-order chi connectivity index (χ0) is 19.9. The van der Waals surface area contributed by atoms with E-state index in [1.54, 1.807) is 12.4 Å². The standard InChI is InChI=1S/C24H34N2O2/c1-2-3-4-5-6-7-8-11-18-28-23-19-25-24(26-20-23)22-15-13-21(14-16-22)12-9-10-17-27/h9,12-16,19-20,27H,2-8,10-11,17-18H2,1H3/b12-9+. The topological polar surface area (TPSA) is 55.2 Å². The number of benzene rings is 1. The van der Waals surface area contributed by atoms with Crippen molar-refractivity contribution in [3.8, 4) is 17.1 Å². The Kier molecular flexibility index (Phi) is 11.0. The Morgan fingerprint density at radius 2 is 1.54 bits per heavy atom. The quantitative estimate of drug-likeness (QED) is 0.404. The van der Waals surface area contributed by atoms with E-state index in [0.717, 1.165) is 29.9 Å². The molecule has 2 rings (SSSR count). The van der Waals surface area contributed by atoms with Crippen molar-refractivity contribution in [1.29, 1.82) is 0 Å². The first-order chi connectivity index (χ1) is 13.8. The van der Waals surface area contributed by atoms with Crippen molar-refractivity contribution in [3.05, 3.63) is 48.3 Å². The minimum Gasteiger partial charge on any atom is -0.490 e. The molecule has 1 aromatic carbocycles. The Morgan fingerprint density at radius 3 is 2.18 bits per heavy atom. The van der Waals surface area contributed by atoms with Gasteiger partial charge < -0.3 is 9.84 Å². The number of ether oxygens (including phenoxy) is 1. The Morgan fingerprint density at radius 1 is 0.893 bits per heavy atom. The summed E-state index contributed by atoms with van der Waals surface area (Å²) in [6.45, 7) is 3.16. The number of aliphatic hydroxyl groups excluding tert-OH is 1. The van der Waals surface area contributed by atoms with Crippen LogP contribution in [0.25, 0.3) is 17.5 Å². The van der Waals surface area contributed by atoms with Gasteiger partial charge in [-0.2, -0.15) is 0 Å². The third-order valence-electron chi connectivity index (χ3n) is 4.67. The molecule has 0 aliphatic heterocycles. The van der Waals surface area contributed by atoms with Crippen LogP contribution in [0.4, 0.5) is 0 Å².